The average Bonchev–Trinajstić information content (AvgIpc) is 2.95. The van der Waals surface area contributed by atoms with Gasteiger partial charge in [0.25, 0.3) is 5.56 Å². The molecule has 0 atom stereocenters. The molecular formula is C14H13N3O2S2. The van der Waals surface area contributed by atoms with Crippen molar-refractivity contribution >= 4 is 33.4 Å². The molecule has 5 nitrogen and oxygen atoms in total. The Labute approximate surface area is 129 Å². The van der Waals surface area contributed by atoms with Crippen molar-refractivity contribution in [2.24, 2.45) is 0 Å². The molecule has 0 aliphatic carbocycles. The Morgan fingerprint density at radius 3 is 2.67 bits per heavy atom. The van der Waals surface area contributed by atoms with Crippen molar-refractivity contribution in [3.8, 4) is 0 Å². The van der Waals surface area contributed by atoms with Gasteiger partial charge in [-0.05, 0) is 17.4 Å². The summed E-state index contributed by atoms with van der Waals surface area (Å²) in [6.45, 7) is 0.478. The van der Waals surface area contributed by atoms with Gasteiger partial charge in [0.2, 0.25) is 0 Å². The van der Waals surface area contributed by atoms with Crippen molar-refractivity contribution in [2.75, 3.05) is 6.26 Å². The number of thioether (sulfide) groups is 1. The summed E-state index contributed by atoms with van der Waals surface area (Å²) in [6.07, 6.45) is 3.47. The molecular weight excluding hydrogens is 306 g/mol. The monoisotopic (exact) mass is 319 g/mol. The molecule has 7 heteroatoms. The van der Waals surface area contributed by atoms with E-state index in [2.05, 4.69) is 9.97 Å². The molecule has 0 radical (unpaired) electrons. The number of fused-ring (bicyclic) bond motifs is 1. The molecule has 0 aliphatic heterocycles. The Morgan fingerprint density at radius 1 is 1.29 bits per heavy atom. The Hall–Kier alpha value is -1.70. The van der Waals surface area contributed by atoms with Crippen molar-refractivity contribution < 1.29 is 5.11 Å². The van der Waals surface area contributed by atoms with Crippen LogP contribution in [0.3, 0.4) is 0 Å². The zero-order chi connectivity index (χ0) is 14.8. The topological polar surface area (TPSA) is 68.0 Å². The molecule has 0 bridgehead atoms. The zero-order valence-electron chi connectivity index (χ0n) is 11.3. The van der Waals surface area contributed by atoms with Crippen molar-refractivity contribution in [3.05, 3.63) is 52.1 Å². The standard InChI is InChI=1S/C14H13N3O2S2/c1-20-14-16-12-11(21-14)13(19)17(8-15-12)6-9-2-4-10(7-18)5-3-9/h2-5,8,18H,6-7H2,1H3. The number of nitrogens with zero attached hydrogens (tertiary/aromatic N) is 3. The number of hydrogen-bond acceptors (Lipinski definition) is 6. The van der Waals surface area contributed by atoms with E-state index in [4.69, 9.17) is 5.11 Å². The van der Waals surface area contributed by atoms with Gasteiger partial charge in [0.1, 0.15) is 11.0 Å². The summed E-state index contributed by atoms with van der Waals surface area (Å²) < 4.78 is 3.02. The molecule has 108 valence electrons. The summed E-state index contributed by atoms with van der Waals surface area (Å²) in [6, 6.07) is 7.51. The van der Waals surface area contributed by atoms with E-state index in [1.165, 1.54) is 29.4 Å². The lowest BCUT2D eigenvalue weighted by atomic mass is 10.1. The van der Waals surface area contributed by atoms with E-state index >= 15 is 0 Å². The molecule has 1 N–H and O–H groups in total. The van der Waals surface area contributed by atoms with E-state index in [0.717, 1.165) is 15.5 Å². The fraction of sp³-hybridized carbons (Fsp3) is 0.214. The first-order valence-electron chi connectivity index (χ1n) is 6.30. The van der Waals surface area contributed by atoms with Gasteiger partial charge in [-0.1, -0.05) is 36.0 Å². The highest BCUT2D eigenvalue weighted by molar-refractivity contribution is 8.00. The predicted octanol–water partition coefficient (Wildman–Crippen LogP) is 2.12. The molecule has 0 saturated heterocycles. The van der Waals surface area contributed by atoms with Gasteiger partial charge in [0.05, 0.1) is 13.2 Å². The highest BCUT2D eigenvalue weighted by atomic mass is 32.2. The summed E-state index contributed by atoms with van der Waals surface area (Å²) >= 11 is 2.89. The maximum Gasteiger partial charge on any atom is 0.273 e. The van der Waals surface area contributed by atoms with Crippen LogP contribution in [0.1, 0.15) is 11.1 Å². The third-order valence-electron chi connectivity index (χ3n) is 3.10. The van der Waals surface area contributed by atoms with Gasteiger partial charge in [-0.15, -0.1) is 11.3 Å². The molecule has 0 saturated carbocycles. The Bertz CT molecular complexity index is 824. The number of aliphatic hydroxyl groups is 1. The highest BCUT2D eigenvalue weighted by Crippen LogP contribution is 2.24. The molecule has 2 aromatic heterocycles. The quantitative estimate of drug-likeness (QED) is 0.746. The summed E-state index contributed by atoms with van der Waals surface area (Å²) in [7, 11) is 0. The van der Waals surface area contributed by atoms with Crippen LogP contribution >= 0.6 is 23.1 Å². The smallest absolute Gasteiger partial charge is 0.273 e. The number of aromatic nitrogens is 3. The van der Waals surface area contributed by atoms with E-state index in [9.17, 15) is 4.79 Å². The van der Waals surface area contributed by atoms with Crippen LogP contribution in [0.2, 0.25) is 0 Å². The lowest BCUT2D eigenvalue weighted by Crippen LogP contribution is -2.20. The van der Waals surface area contributed by atoms with Gasteiger partial charge in [0, 0.05) is 0 Å². The first-order valence-corrected chi connectivity index (χ1v) is 8.34. The summed E-state index contributed by atoms with van der Waals surface area (Å²) in [5.41, 5.74) is 2.29. The molecule has 0 fully saturated rings. The van der Waals surface area contributed by atoms with Crippen LogP contribution in [-0.4, -0.2) is 25.9 Å². The molecule has 2 heterocycles. The minimum Gasteiger partial charge on any atom is -0.392 e. The Kier molecular flexibility index (Phi) is 4.05. The van der Waals surface area contributed by atoms with Gasteiger partial charge in [0.15, 0.2) is 9.99 Å². The van der Waals surface area contributed by atoms with Crippen molar-refractivity contribution in [3.63, 3.8) is 0 Å². The normalized spacial score (nSPS) is 11.1. The third-order valence-corrected chi connectivity index (χ3v) is 5.11. The summed E-state index contributed by atoms with van der Waals surface area (Å²) in [5.74, 6) is 0. The van der Waals surface area contributed by atoms with E-state index in [1.807, 2.05) is 30.5 Å². The van der Waals surface area contributed by atoms with Crippen LogP contribution in [0, 0.1) is 0 Å². The second kappa shape index (κ2) is 5.97. The van der Waals surface area contributed by atoms with E-state index in [1.54, 1.807) is 4.57 Å². The maximum atomic E-state index is 12.4. The van der Waals surface area contributed by atoms with Crippen LogP contribution in [0.25, 0.3) is 10.3 Å². The lowest BCUT2D eigenvalue weighted by molar-refractivity contribution is 0.282. The van der Waals surface area contributed by atoms with Crippen LogP contribution in [0.4, 0.5) is 0 Å². The van der Waals surface area contributed by atoms with E-state index < -0.39 is 0 Å². The number of aliphatic hydroxyl groups excluding tert-OH is 1. The Balaban J connectivity index is 1.96. The van der Waals surface area contributed by atoms with Gasteiger partial charge in [-0.2, -0.15) is 0 Å². The highest BCUT2D eigenvalue weighted by Gasteiger charge is 2.10. The van der Waals surface area contributed by atoms with Crippen LogP contribution in [-0.2, 0) is 13.2 Å². The van der Waals surface area contributed by atoms with Gasteiger partial charge >= 0.3 is 0 Å². The molecule has 0 amide bonds. The van der Waals surface area contributed by atoms with Gasteiger partial charge in [-0.3, -0.25) is 9.36 Å². The second-order valence-corrected chi connectivity index (χ2v) is 6.54. The molecule has 0 spiro atoms. The Morgan fingerprint density at radius 2 is 2.00 bits per heavy atom. The fourth-order valence-electron chi connectivity index (χ4n) is 1.97. The first-order chi connectivity index (χ1) is 10.2. The predicted molar refractivity (Wildman–Crippen MR) is 84.9 cm³/mol. The minimum atomic E-state index is -0.0657. The lowest BCUT2D eigenvalue weighted by Gasteiger charge is -2.05. The molecule has 3 rings (SSSR count). The summed E-state index contributed by atoms with van der Waals surface area (Å²) in [5, 5.41) is 9.03. The van der Waals surface area contributed by atoms with Crippen molar-refractivity contribution in [2.45, 2.75) is 17.5 Å². The van der Waals surface area contributed by atoms with E-state index in [-0.39, 0.29) is 12.2 Å². The molecule has 0 aliphatic rings. The number of thiazole rings is 1. The third kappa shape index (κ3) is 2.85. The van der Waals surface area contributed by atoms with Crippen LogP contribution < -0.4 is 5.56 Å². The summed E-state index contributed by atoms with van der Waals surface area (Å²) in [4.78, 5) is 21.0. The molecule has 1 aromatic carbocycles. The van der Waals surface area contributed by atoms with E-state index in [0.29, 0.717) is 16.9 Å². The van der Waals surface area contributed by atoms with Gasteiger partial charge < -0.3 is 5.11 Å². The number of benzene rings is 1. The average molecular weight is 319 g/mol. The van der Waals surface area contributed by atoms with Crippen LogP contribution in [0.15, 0.2) is 39.7 Å². The van der Waals surface area contributed by atoms with Gasteiger partial charge in [-0.25, -0.2) is 9.97 Å². The molecule has 0 unspecified atom stereocenters. The number of hydrogen-bond donors (Lipinski definition) is 1. The second-order valence-electron chi connectivity index (χ2n) is 4.49. The fourth-order valence-corrected chi connectivity index (χ4v) is 3.44. The first kappa shape index (κ1) is 14.2. The largest absolute Gasteiger partial charge is 0.392 e. The zero-order valence-corrected chi connectivity index (χ0v) is 12.9. The van der Waals surface area contributed by atoms with Crippen molar-refractivity contribution in [1.82, 2.24) is 14.5 Å². The van der Waals surface area contributed by atoms with Crippen LogP contribution in [0.5, 0.6) is 0 Å². The SMILES string of the molecule is CSc1nc2ncn(Cc3ccc(CO)cc3)c(=O)c2s1. The molecule has 21 heavy (non-hydrogen) atoms. The van der Waals surface area contributed by atoms with Crippen molar-refractivity contribution in [1.29, 1.82) is 0 Å². The number of rotatable bonds is 4. The minimum absolute atomic E-state index is 0.0199. The molecule has 3 aromatic rings. The maximum absolute atomic E-state index is 12.4.